The predicted octanol–water partition coefficient (Wildman–Crippen LogP) is 4.85. The van der Waals surface area contributed by atoms with Gasteiger partial charge in [0.1, 0.15) is 6.04 Å². The number of alkyl halides is 2. The molecule has 1 unspecified atom stereocenters. The Morgan fingerprint density at radius 2 is 1.90 bits per heavy atom. The molecule has 2 aromatic rings. The van der Waals surface area contributed by atoms with Gasteiger partial charge in [0.2, 0.25) is 11.8 Å². The Hall–Kier alpha value is -3.24. The molecule has 0 radical (unpaired) electrons. The normalized spacial score (nSPS) is 19.9. The summed E-state index contributed by atoms with van der Waals surface area (Å²) in [4.78, 5) is 38.6. The number of aliphatic hydroxyl groups is 1. The van der Waals surface area contributed by atoms with Crippen molar-refractivity contribution in [2.75, 3.05) is 13.2 Å². The maximum absolute atomic E-state index is 15.8. The SMILES string of the molecule is CCC1(C[C@H](NC(=O)OC(c2ccccc2)C(F)(F)c2cccc(Cl)c2)C(=O)N[C@H](CO)C[C@@H]2CCNC2=O)CC1. The third-order valence-electron chi connectivity index (χ3n) is 8.12. The molecule has 1 aliphatic carbocycles. The first-order valence-electron chi connectivity index (χ1n) is 13.9. The summed E-state index contributed by atoms with van der Waals surface area (Å²) in [6.45, 7) is 2.13. The number of hydrogen-bond acceptors (Lipinski definition) is 5. The van der Waals surface area contributed by atoms with Gasteiger partial charge in [0.05, 0.1) is 12.6 Å². The lowest BCUT2D eigenvalue weighted by Crippen LogP contribution is -2.52. The predicted molar refractivity (Wildman–Crippen MR) is 149 cm³/mol. The molecule has 2 aliphatic rings. The number of carbonyl (C=O) groups is 3. The van der Waals surface area contributed by atoms with Crippen molar-refractivity contribution >= 4 is 29.5 Å². The van der Waals surface area contributed by atoms with Crippen LogP contribution in [0, 0.1) is 11.3 Å². The van der Waals surface area contributed by atoms with Gasteiger partial charge in [-0.25, -0.2) is 4.79 Å². The molecule has 8 nitrogen and oxygen atoms in total. The minimum Gasteiger partial charge on any atom is -0.434 e. The summed E-state index contributed by atoms with van der Waals surface area (Å²) < 4.78 is 37.0. The van der Waals surface area contributed by atoms with Crippen molar-refractivity contribution in [1.82, 2.24) is 16.0 Å². The van der Waals surface area contributed by atoms with E-state index in [4.69, 9.17) is 16.3 Å². The largest absolute Gasteiger partial charge is 0.434 e. The number of benzene rings is 2. The summed E-state index contributed by atoms with van der Waals surface area (Å²) in [6, 6.07) is 11.0. The molecule has 4 rings (SSSR count). The molecule has 1 heterocycles. The molecule has 0 bridgehead atoms. The van der Waals surface area contributed by atoms with E-state index in [0.717, 1.165) is 25.3 Å². The van der Waals surface area contributed by atoms with E-state index in [1.807, 2.05) is 6.92 Å². The highest BCUT2D eigenvalue weighted by molar-refractivity contribution is 6.30. The zero-order valence-electron chi connectivity index (χ0n) is 22.9. The Bertz CT molecular complexity index is 1230. The minimum atomic E-state index is -3.65. The van der Waals surface area contributed by atoms with Gasteiger partial charge in [-0.05, 0) is 55.2 Å². The summed E-state index contributed by atoms with van der Waals surface area (Å²) in [5.41, 5.74) is -0.513. The molecule has 3 amide bonds. The number of amides is 3. The quantitative estimate of drug-likeness (QED) is 0.266. The first-order valence-corrected chi connectivity index (χ1v) is 14.3. The van der Waals surface area contributed by atoms with Crippen LogP contribution in [0.15, 0.2) is 54.6 Å². The van der Waals surface area contributed by atoms with Crippen LogP contribution in [-0.2, 0) is 20.2 Å². The Kier molecular flexibility index (Phi) is 9.86. The Morgan fingerprint density at radius 3 is 2.49 bits per heavy atom. The Morgan fingerprint density at radius 1 is 1.17 bits per heavy atom. The highest BCUT2D eigenvalue weighted by Crippen LogP contribution is 2.52. The molecule has 2 aromatic carbocycles. The lowest BCUT2D eigenvalue weighted by Gasteiger charge is -2.30. The van der Waals surface area contributed by atoms with Gasteiger partial charge in [0.25, 0.3) is 0 Å². The van der Waals surface area contributed by atoms with Gasteiger partial charge >= 0.3 is 12.0 Å². The summed E-state index contributed by atoms with van der Waals surface area (Å²) >= 11 is 5.97. The third-order valence-corrected chi connectivity index (χ3v) is 8.35. The topological polar surface area (TPSA) is 117 Å². The number of hydrogen-bond donors (Lipinski definition) is 4. The first-order chi connectivity index (χ1) is 19.6. The van der Waals surface area contributed by atoms with E-state index >= 15 is 8.78 Å². The molecule has 2 fully saturated rings. The van der Waals surface area contributed by atoms with E-state index in [9.17, 15) is 19.5 Å². The van der Waals surface area contributed by atoms with Crippen LogP contribution >= 0.6 is 11.6 Å². The highest BCUT2D eigenvalue weighted by atomic mass is 35.5. The van der Waals surface area contributed by atoms with Gasteiger partial charge in [-0.3, -0.25) is 9.59 Å². The first kappa shape index (κ1) is 30.7. The van der Waals surface area contributed by atoms with Crippen molar-refractivity contribution < 1.29 is 33.0 Å². The highest BCUT2D eigenvalue weighted by Gasteiger charge is 2.47. The number of halogens is 3. The fourth-order valence-electron chi connectivity index (χ4n) is 5.33. The zero-order chi connectivity index (χ0) is 29.6. The number of aliphatic hydroxyl groups excluding tert-OH is 1. The summed E-state index contributed by atoms with van der Waals surface area (Å²) in [5, 5.41) is 18.0. The van der Waals surface area contributed by atoms with E-state index in [-0.39, 0.29) is 40.7 Å². The van der Waals surface area contributed by atoms with E-state index in [0.29, 0.717) is 13.0 Å². The molecule has 41 heavy (non-hydrogen) atoms. The second-order valence-electron chi connectivity index (χ2n) is 11.0. The molecule has 4 N–H and O–H groups in total. The number of nitrogens with one attached hydrogen (secondary N) is 3. The zero-order valence-corrected chi connectivity index (χ0v) is 23.6. The molecule has 11 heteroatoms. The molecular weight excluding hydrogens is 556 g/mol. The van der Waals surface area contributed by atoms with Gasteiger partial charge < -0.3 is 25.8 Å². The Balaban J connectivity index is 1.52. The number of carbonyl (C=O) groups excluding carboxylic acids is 3. The minimum absolute atomic E-state index is 0.0658. The molecule has 1 saturated carbocycles. The van der Waals surface area contributed by atoms with Crippen molar-refractivity contribution in [2.24, 2.45) is 11.3 Å². The van der Waals surface area contributed by atoms with Crippen LogP contribution in [0.25, 0.3) is 0 Å². The molecule has 1 aliphatic heterocycles. The number of rotatable bonds is 13. The van der Waals surface area contributed by atoms with Crippen LogP contribution in [-0.4, -0.2) is 48.2 Å². The smallest absolute Gasteiger partial charge is 0.408 e. The van der Waals surface area contributed by atoms with Crippen molar-refractivity contribution in [2.45, 2.75) is 69.6 Å². The Labute approximate surface area is 243 Å². The molecule has 0 spiro atoms. The average molecular weight is 592 g/mol. The molecule has 222 valence electrons. The van der Waals surface area contributed by atoms with Gasteiger partial charge in [0.15, 0.2) is 6.10 Å². The van der Waals surface area contributed by atoms with Crippen molar-refractivity contribution in [3.8, 4) is 0 Å². The number of alkyl carbamates (subject to hydrolysis) is 1. The van der Waals surface area contributed by atoms with Gasteiger partial charge in [-0.15, -0.1) is 0 Å². The third kappa shape index (κ3) is 7.74. The fourth-order valence-corrected chi connectivity index (χ4v) is 5.52. The van der Waals surface area contributed by atoms with Crippen LogP contribution in [0.2, 0.25) is 5.02 Å². The van der Waals surface area contributed by atoms with Crippen LogP contribution in [0.5, 0.6) is 0 Å². The van der Waals surface area contributed by atoms with Crippen LogP contribution in [0.4, 0.5) is 13.6 Å². The summed E-state index contributed by atoms with van der Waals surface area (Å²) in [6.07, 6.45) is 0.462. The van der Waals surface area contributed by atoms with Crippen molar-refractivity contribution in [3.05, 3.63) is 70.7 Å². The standard InChI is InChI=1S/C30H36ClF2N3O5/c1-2-29(12-13-29)17-24(27(39)35-23(18-37)15-20-11-14-34-26(20)38)36-28(40)41-25(19-7-4-3-5-8-19)30(32,33)21-9-6-10-22(31)16-21/h3-10,16,20,23-25,37H,2,11-15,17-18H2,1H3,(H,34,38)(H,35,39)(H,36,40)/t20-,23-,24-,25?/m0/s1. The van der Waals surface area contributed by atoms with Crippen LogP contribution in [0.3, 0.4) is 0 Å². The summed E-state index contributed by atoms with van der Waals surface area (Å²) in [5.74, 6) is -4.69. The van der Waals surface area contributed by atoms with E-state index in [1.165, 1.54) is 30.3 Å². The van der Waals surface area contributed by atoms with E-state index in [2.05, 4.69) is 16.0 Å². The molecule has 0 aromatic heterocycles. The monoisotopic (exact) mass is 591 g/mol. The van der Waals surface area contributed by atoms with Gasteiger partial charge in [-0.2, -0.15) is 8.78 Å². The average Bonchev–Trinajstić information content (AvgIpc) is 3.63. The second kappa shape index (κ2) is 13.2. The summed E-state index contributed by atoms with van der Waals surface area (Å²) in [7, 11) is 0. The number of ether oxygens (including phenoxy) is 1. The van der Waals surface area contributed by atoms with Gasteiger partial charge in [-0.1, -0.05) is 67.4 Å². The maximum atomic E-state index is 15.8. The van der Waals surface area contributed by atoms with Crippen molar-refractivity contribution in [1.29, 1.82) is 0 Å². The van der Waals surface area contributed by atoms with E-state index < -0.39 is 48.3 Å². The van der Waals surface area contributed by atoms with E-state index in [1.54, 1.807) is 18.2 Å². The fraction of sp³-hybridized carbons (Fsp3) is 0.500. The maximum Gasteiger partial charge on any atom is 0.408 e. The lowest BCUT2D eigenvalue weighted by molar-refractivity contribution is -0.128. The lowest BCUT2D eigenvalue weighted by atomic mass is 9.93. The second-order valence-corrected chi connectivity index (χ2v) is 11.4. The molecule has 1 saturated heterocycles. The van der Waals surface area contributed by atoms with Crippen LogP contribution < -0.4 is 16.0 Å². The molecular formula is C30H36ClF2N3O5. The van der Waals surface area contributed by atoms with Crippen LogP contribution in [0.1, 0.15) is 62.7 Å². The van der Waals surface area contributed by atoms with Gasteiger partial charge in [0, 0.05) is 23.0 Å². The van der Waals surface area contributed by atoms with Crippen molar-refractivity contribution in [3.63, 3.8) is 0 Å². The molecule has 4 atom stereocenters.